The molecule has 0 spiro atoms. The summed E-state index contributed by atoms with van der Waals surface area (Å²) in [4.78, 5) is 11.4. The van der Waals surface area contributed by atoms with Gasteiger partial charge in [-0.15, -0.1) is 0 Å². The number of rotatable bonds is 4. The fraction of sp³-hybridized carbons (Fsp3) is 0.875. The number of ether oxygens (including phenoxy) is 2. The maximum Gasteiger partial charge on any atom is 0.307 e. The molecular weight excluding hydrogens is 352 g/mol. The van der Waals surface area contributed by atoms with Crippen molar-refractivity contribution >= 4 is 5.97 Å². The van der Waals surface area contributed by atoms with E-state index in [1.165, 1.54) is 38.4 Å². The molecule has 4 aliphatic carbocycles. The molecule has 158 valence electrons. The zero-order valence-electron chi connectivity index (χ0n) is 18.1. The molecule has 0 heterocycles. The van der Waals surface area contributed by atoms with Crippen LogP contribution in [0.1, 0.15) is 78.6 Å². The van der Waals surface area contributed by atoms with Crippen LogP contribution in [0.15, 0.2) is 11.6 Å². The first-order valence-electron chi connectivity index (χ1n) is 11.3. The van der Waals surface area contributed by atoms with Crippen LogP contribution in [0.2, 0.25) is 0 Å². The van der Waals surface area contributed by atoms with Gasteiger partial charge < -0.3 is 14.6 Å². The van der Waals surface area contributed by atoms with Gasteiger partial charge in [-0.25, -0.2) is 0 Å². The van der Waals surface area contributed by atoms with Gasteiger partial charge in [0, 0.05) is 0 Å². The van der Waals surface area contributed by atoms with Crippen LogP contribution in [0, 0.1) is 28.6 Å². The molecular formula is C24H38O4. The molecule has 4 nitrogen and oxygen atoms in total. The lowest BCUT2D eigenvalue weighted by molar-refractivity contribution is -0.144. The van der Waals surface area contributed by atoms with Gasteiger partial charge in [-0.05, 0) is 86.9 Å². The van der Waals surface area contributed by atoms with Crippen molar-refractivity contribution in [2.45, 2.75) is 90.3 Å². The first-order chi connectivity index (χ1) is 13.2. The van der Waals surface area contributed by atoms with Crippen molar-refractivity contribution in [1.29, 1.82) is 0 Å². The van der Waals surface area contributed by atoms with Gasteiger partial charge in [-0.3, -0.25) is 4.79 Å². The molecule has 3 fully saturated rings. The van der Waals surface area contributed by atoms with Gasteiger partial charge in [-0.1, -0.05) is 25.5 Å². The highest BCUT2D eigenvalue weighted by Crippen LogP contribution is 2.65. The van der Waals surface area contributed by atoms with Crippen molar-refractivity contribution in [2.24, 2.45) is 28.6 Å². The fourth-order valence-electron chi connectivity index (χ4n) is 7.42. The van der Waals surface area contributed by atoms with Crippen molar-refractivity contribution in [1.82, 2.24) is 0 Å². The summed E-state index contributed by atoms with van der Waals surface area (Å²) in [5, 5.41) is 10.6. The van der Waals surface area contributed by atoms with Gasteiger partial charge in [0.25, 0.3) is 0 Å². The average molecular weight is 391 g/mol. The minimum Gasteiger partial charge on any atom is -0.469 e. The van der Waals surface area contributed by atoms with Crippen LogP contribution in [-0.4, -0.2) is 36.5 Å². The number of carbonyl (C=O) groups is 1. The lowest BCUT2D eigenvalue weighted by Gasteiger charge is -2.58. The standard InChI is InChI=1S/C24H38O4/c1-22(26)12-13-23(2)16(15-22)5-6-17-18-7-8-20(28-14-10-21(25)27-4)24(18,3)11-9-19(17)23/h5,17-20,26H,6-15H2,1-4H3/t17-,18-,19-,20-,22-,23-,24-/m0/s1. The van der Waals surface area contributed by atoms with E-state index in [0.717, 1.165) is 37.5 Å². The van der Waals surface area contributed by atoms with Crippen LogP contribution in [0.5, 0.6) is 0 Å². The van der Waals surface area contributed by atoms with E-state index in [2.05, 4.69) is 19.9 Å². The Labute approximate surface area is 170 Å². The molecule has 0 aromatic carbocycles. The number of hydrogen-bond acceptors (Lipinski definition) is 4. The molecule has 1 N–H and O–H groups in total. The summed E-state index contributed by atoms with van der Waals surface area (Å²) in [6.07, 6.45) is 12.0. The Kier molecular flexibility index (Phi) is 5.19. The maximum absolute atomic E-state index is 11.4. The summed E-state index contributed by atoms with van der Waals surface area (Å²) in [5.74, 6) is 2.01. The molecule has 0 aromatic rings. The zero-order chi connectivity index (χ0) is 20.2. The van der Waals surface area contributed by atoms with Crippen molar-refractivity contribution in [3.8, 4) is 0 Å². The highest BCUT2D eigenvalue weighted by molar-refractivity contribution is 5.69. The molecule has 28 heavy (non-hydrogen) atoms. The number of carbonyl (C=O) groups excluding carboxylic acids is 1. The maximum atomic E-state index is 11.4. The Hall–Kier alpha value is -0.870. The van der Waals surface area contributed by atoms with E-state index in [-0.39, 0.29) is 22.9 Å². The van der Waals surface area contributed by atoms with Gasteiger partial charge in [0.15, 0.2) is 0 Å². The highest BCUT2D eigenvalue weighted by atomic mass is 16.5. The number of fused-ring (bicyclic) bond motifs is 5. The number of aliphatic hydroxyl groups is 1. The van der Waals surface area contributed by atoms with Crippen LogP contribution in [0.3, 0.4) is 0 Å². The van der Waals surface area contributed by atoms with Gasteiger partial charge in [0.2, 0.25) is 0 Å². The monoisotopic (exact) mass is 390 g/mol. The van der Waals surface area contributed by atoms with Gasteiger partial charge in [0.05, 0.1) is 31.8 Å². The van der Waals surface area contributed by atoms with Crippen LogP contribution in [-0.2, 0) is 14.3 Å². The van der Waals surface area contributed by atoms with E-state index in [0.29, 0.717) is 18.9 Å². The van der Waals surface area contributed by atoms with Gasteiger partial charge in [0.1, 0.15) is 0 Å². The SMILES string of the molecule is COC(=O)CCO[C@H]1CC[C@H]2[C@@H]3CC=C4C[C@@](C)(O)CC[C@]4(C)[C@H]3CC[C@]12C. The van der Waals surface area contributed by atoms with E-state index in [1.54, 1.807) is 0 Å². The molecule has 4 heteroatoms. The normalized spacial score (nSPS) is 47.5. The number of allylic oxidation sites excluding steroid dienone is 1. The molecule has 0 saturated heterocycles. The van der Waals surface area contributed by atoms with Crippen molar-refractivity contribution in [2.75, 3.05) is 13.7 Å². The van der Waals surface area contributed by atoms with Gasteiger partial charge >= 0.3 is 5.97 Å². The van der Waals surface area contributed by atoms with E-state index in [4.69, 9.17) is 9.47 Å². The molecule has 0 aromatic heterocycles. The number of hydrogen-bond donors (Lipinski definition) is 1. The molecule has 4 rings (SSSR count). The lowest BCUT2D eigenvalue weighted by atomic mass is 9.47. The Morgan fingerprint density at radius 2 is 1.93 bits per heavy atom. The first-order valence-corrected chi connectivity index (χ1v) is 11.3. The largest absolute Gasteiger partial charge is 0.469 e. The van der Waals surface area contributed by atoms with Gasteiger partial charge in [-0.2, -0.15) is 0 Å². The number of methoxy groups -OCH3 is 1. The summed E-state index contributed by atoms with van der Waals surface area (Å²) in [6, 6.07) is 0. The second kappa shape index (κ2) is 7.12. The topological polar surface area (TPSA) is 55.8 Å². The summed E-state index contributed by atoms with van der Waals surface area (Å²) in [5.41, 5.74) is 1.51. The minimum atomic E-state index is -0.521. The van der Waals surface area contributed by atoms with E-state index >= 15 is 0 Å². The van der Waals surface area contributed by atoms with E-state index < -0.39 is 5.60 Å². The highest BCUT2D eigenvalue weighted by Gasteiger charge is 2.59. The van der Waals surface area contributed by atoms with Crippen molar-refractivity contribution in [3.63, 3.8) is 0 Å². The molecule has 0 amide bonds. The third-order valence-electron chi connectivity index (χ3n) is 9.15. The third kappa shape index (κ3) is 3.25. The fourth-order valence-corrected chi connectivity index (χ4v) is 7.42. The van der Waals surface area contributed by atoms with Crippen LogP contribution in [0.25, 0.3) is 0 Å². The van der Waals surface area contributed by atoms with Crippen LogP contribution >= 0.6 is 0 Å². The average Bonchev–Trinajstić information content (AvgIpc) is 2.98. The molecule has 0 aliphatic heterocycles. The Morgan fingerprint density at radius 1 is 1.14 bits per heavy atom. The molecule has 7 atom stereocenters. The van der Waals surface area contributed by atoms with Crippen LogP contribution in [0.4, 0.5) is 0 Å². The quantitative estimate of drug-likeness (QED) is 0.561. The van der Waals surface area contributed by atoms with E-state index in [1.807, 2.05) is 6.92 Å². The molecule has 0 bridgehead atoms. The lowest BCUT2D eigenvalue weighted by Crippen LogP contribution is -2.52. The molecule has 0 unspecified atom stereocenters. The summed E-state index contributed by atoms with van der Waals surface area (Å²) in [7, 11) is 1.44. The molecule has 0 radical (unpaired) electrons. The third-order valence-corrected chi connectivity index (χ3v) is 9.15. The summed E-state index contributed by atoms with van der Waals surface area (Å²) >= 11 is 0. The first kappa shape index (κ1) is 20.4. The predicted molar refractivity (Wildman–Crippen MR) is 109 cm³/mol. The molecule has 4 aliphatic rings. The number of esters is 1. The Morgan fingerprint density at radius 3 is 2.68 bits per heavy atom. The second-order valence-electron chi connectivity index (χ2n) is 10.7. The summed E-state index contributed by atoms with van der Waals surface area (Å²) < 4.78 is 11.0. The van der Waals surface area contributed by atoms with Crippen LogP contribution < -0.4 is 0 Å². The minimum absolute atomic E-state index is 0.186. The second-order valence-corrected chi connectivity index (χ2v) is 10.7. The Balaban J connectivity index is 1.49. The van der Waals surface area contributed by atoms with Crippen molar-refractivity contribution < 1.29 is 19.4 Å². The molecule has 3 saturated carbocycles. The van der Waals surface area contributed by atoms with Crippen molar-refractivity contribution in [3.05, 3.63) is 11.6 Å². The van der Waals surface area contributed by atoms with E-state index in [9.17, 15) is 9.90 Å². The smallest absolute Gasteiger partial charge is 0.307 e. The predicted octanol–water partition coefficient (Wildman–Crippen LogP) is 4.65. The Bertz CT molecular complexity index is 653. The summed E-state index contributed by atoms with van der Waals surface area (Å²) in [6.45, 7) is 7.40. The zero-order valence-corrected chi connectivity index (χ0v) is 18.1.